The lowest BCUT2D eigenvalue weighted by molar-refractivity contribution is -0.123. The standard InChI is InChI=1S/C21H24FN5O3/c1-2-14-8-3-4-9-27(14)21-25-18-17(20(30)26-21)15(11-16(28)24-18)19(29)23-13-7-5-6-12(22)10-13/h5-7,10,14-15H,2-4,8-9,11H2,1H3,(H,23,29)(H2,24,25,26,28,30)/t14-,15+/m1/s1. The number of aromatic nitrogens is 2. The zero-order chi connectivity index (χ0) is 21.3. The van der Waals surface area contributed by atoms with E-state index in [2.05, 4.69) is 32.4 Å². The van der Waals surface area contributed by atoms with Gasteiger partial charge in [-0.3, -0.25) is 19.4 Å². The van der Waals surface area contributed by atoms with Gasteiger partial charge in [-0.15, -0.1) is 0 Å². The van der Waals surface area contributed by atoms with Crippen molar-refractivity contribution in [3.05, 3.63) is 46.0 Å². The number of nitrogens with one attached hydrogen (secondary N) is 3. The van der Waals surface area contributed by atoms with Crippen LogP contribution in [0, 0.1) is 5.82 Å². The second kappa shape index (κ2) is 8.25. The molecule has 1 aromatic heterocycles. The molecule has 1 aromatic carbocycles. The largest absolute Gasteiger partial charge is 0.339 e. The minimum absolute atomic E-state index is 0.116. The van der Waals surface area contributed by atoms with Gasteiger partial charge in [0, 0.05) is 24.7 Å². The van der Waals surface area contributed by atoms with Crippen molar-refractivity contribution >= 4 is 29.3 Å². The number of carbonyl (C=O) groups excluding carboxylic acids is 2. The maximum absolute atomic E-state index is 13.4. The van der Waals surface area contributed by atoms with Gasteiger partial charge < -0.3 is 15.5 Å². The lowest BCUT2D eigenvalue weighted by atomic mass is 9.92. The summed E-state index contributed by atoms with van der Waals surface area (Å²) in [7, 11) is 0. The van der Waals surface area contributed by atoms with Crippen molar-refractivity contribution in [1.29, 1.82) is 0 Å². The minimum Gasteiger partial charge on any atom is -0.339 e. The normalized spacial score (nSPS) is 21.0. The molecule has 2 amide bonds. The highest BCUT2D eigenvalue weighted by Crippen LogP contribution is 2.31. The van der Waals surface area contributed by atoms with Gasteiger partial charge in [0.2, 0.25) is 17.8 Å². The number of amides is 2. The number of halogens is 1. The lowest BCUT2D eigenvalue weighted by Crippen LogP contribution is -2.43. The van der Waals surface area contributed by atoms with Crippen molar-refractivity contribution in [3.8, 4) is 0 Å². The maximum atomic E-state index is 13.4. The number of fused-ring (bicyclic) bond motifs is 1. The van der Waals surface area contributed by atoms with E-state index >= 15 is 0 Å². The molecule has 0 bridgehead atoms. The molecule has 9 heteroatoms. The molecule has 2 aromatic rings. The Labute approximate surface area is 172 Å². The van der Waals surface area contributed by atoms with Gasteiger partial charge in [0.25, 0.3) is 5.56 Å². The van der Waals surface area contributed by atoms with Crippen LogP contribution in [-0.2, 0) is 9.59 Å². The molecule has 2 aliphatic rings. The van der Waals surface area contributed by atoms with E-state index < -0.39 is 29.1 Å². The second-order valence-electron chi connectivity index (χ2n) is 7.71. The van der Waals surface area contributed by atoms with Crippen LogP contribution in [0.1, 0.15) is 50.5 Å². The molecule has 0 spiro atoms. The summed E-state index contributed by atoms with van der Waals surface area (Å²) < 4.78 is 13.4. The first-order chi connectivity index (χ1) is 14.5. The number of anilines is 3. The number of hydrogen-bond donors (Lipinski definition) is 3. The van der Waals surface area contributed by atoms with Crippen LogP contribution in [0.3, 0.4) is 0 Å². The van der Waals surface area contributed by atoms with E-state index in [0.717, 1.165) is 32.2 Å². The topological polar surface area (TPSA) is 107 Å². The summed E-state index contributed by atoms with van der Waals surface area (Å²) in [6.07, 6.45) is 3.89. The summed E-state index contributed by atoms with van der Waals surface area (Å²) in [5.41, 5.74) is -0.0697. The fourth-order valence-electron chi connectivity index (χ4n) is 4.22. The SMILES string of the molecule is CC[C@@H]1CCCCN1c1nc2c(c(=O)[nH]1)[C@@H](C(=O)Nc1cccc(F)c1)CC(=O)N2. The Bertz CT molecular complexity index is 1040. The van der Waals surface area contributed by atoms with Crippen molar-refractivity contribution in [2.75, 3.05) is 22.1 Å². The van der Waals surface area contributed by atoms with E-state index in [-0.39, 0.29) is 29.5 Å². The third kappa shape index (κ3) is 3.92. The molecular weight excluding hydrogens is 389 g/mol. The Hall–Kier alpha value is -3.23. The summed E-state index contributed by atoms with van der Waals surface area (Å²) in [6.45, 7) is 2.87. The second-order valence-corrected chi connectivity index (χ2v) is 7.71. The van der Waals surface area contributed by atoms with E-state index in [1.165, 1.54) is 24.3 Å². The Morgan fingerprint density at radius 2 is 2.17 bits per heavy atom. The first kappa shape index (κ1) is 20.1. The number of carbonyl (C=O) groups is 2. The highest BCUT2D eigenvalue weighted by Gasteiger charge is 2.35. The summed E-state index contributed by atoms with van der Waals surface area (Å²) in [4.78, 5) is 47.4. The number of hydrogen-bond acceptors (Lipinski definition) is 5. The molecule has 2 aliphatic heterocycles. The number of rotatable bonds is 4. The average Bonchev–Trinajstić information content (AvgIpc) is 2.72. The smallest absolute Gasteiger partial charge is 0.258 e. The van der Waals surface area contributed by atoms with Crippen LogP contribution in [0.4, 0.5) is 21.8 Å². The Balaban J connectivity index is 1.66. The van der Waals surface area contributed by atoms with E-state index in [9.17, 15) is 18.8 Å². The summed E-state index contributed by atoms with van der Waals surface area (Å²) in [6, 6.07) is 5.72. The number of nitrogens with zero attached hydrogens (tertiary/aromatic N) is 2. The van der Waals surface area contributed by atoms with Crippen LogP contribution in [0.2, 0.25) is 0 Å². The lowest BCUT2D eigenvalue weighted by Gasteiger charge is -2.36. The molecule has 8 nitrogen and oxygen atoms in total. The van der Waals surface area contributed by atoms with Crippen molar-refractivity contribution < 1.29 is 14.0 Å². The van der Waals surface area contributed by atoms with Gasteiger partial charge in [0.15, 0.2) is 0 Å². The summed E-state index contributed by atoms with van der Waals surface area (Å²) in [5, 5.41) is 5.22. The van der Waals surface area contributed by atoms with Gasteiger partial charge in [-0.05, 0) is 43.9 Å². The van der Waals surface area contributed by atoms with E-state index in [1.807, 2.05) is 0 Å². The van der Waals surface area contributed by atoms with Gasteiger partial charge in [0.05, 0.1) is 11.5 Å². The quantitative estimate of drug-likeness (QED) is 0.715. The number of aromatic amines is 1. The molecule has 1 saturated heterocycles. The zero-order valence-electron chi connectivity index (χ0n) is 16.7. The minimum atomic E-state index is -1.01. The predicted octanol–water partition coefficient (Wildman–Crippen LogP) is 2.74. The molecule has 158 valence electrons. The molecule has 30 heavy (non-hydrogen) atoms. The Morgan fingerprint density at radius 1 is 1.33 bits per heavy atom. The van der Waals surface area contributed by atoms with E-state index in [0.29, 0.717) is 5.95 Å². The zero-order valence-corrected chi connectivity index (χ0v) is 16.7. The average molecular weight is 413 g/mol. The number of benzene rings is 1. The number of piperidine rings is 1. The van der Waals surface area contributed by atoms with Crippen molar-refractivity contribution in [3.63, 3.8) is 0 Å². The van der Waals surface area contributed by atoms with Crippen LogP contribution >= 0.6 is 0 Å². The molecule has 0 aliphatic carbocycles. The number of H-pyrrole nitrogens is 1. The van der Waals surface area contributed by atoms with Crippen molar-refractivity contribution in [2.24, 2.45) is 0 Å². The highest BCUT2D eigenvalue weighted by molar-refractivity contribution is 6.04. The van der Waals surface area contributed by atoms with Gasteiger partial charge in [-0.2, -0.15) is 4.98 Å². The molecule has 0 radical (unpaired) electrons. The first-order valence-electron chi connectivity index (χ1n) is 10.2. The van der Waals surface area contributed by atoms with E-state index in [4.69, 9.17) is 0 Å². The third-order valence-electron chi connectivity index (χ3n) is 5.72. The molecule has 0 saturated carbocycles. The maximum Gasteiger partial charge on any atom is 0.258 e. The van der Waals surface area contributed by atoms with Crippen molar-refractivity contribution in [2.45, 2.75) is 51.0 Å². The van der Waals surface area contributed by atoms with Gasteiger partial charge in [0.1, 0.15) is 11.6 Å². The Kier molecular flexibility index (Phi) is 5.52. The highest BCUT2D eigenvalue weighted by atomic mass is 19.1. The third-order valence-corrected chi connectivity index (χ3v) is 5.72. The van der Waals surface area contributed by atoms with Crippen LogP contribution in [0.15, 0.2) is 29.1 Å². The molecule has 3 N–H and O–H groups in total. The fraction of sp³-hybridized carbons (Fsp3) is 0.429. The van der Waals surface area contributed by atoms with Gasteiger partial charge >= 0.3 is 0 Å². The molecular formula is C21H24FN5O3. The van der Waals surface area contributed by atoms with E-state index in [1.54, 1.807) is 0 Å². The molecule has 0 unspecified atom stereocenters. The molecule has 1 fully saturated rings. The molecule has 3 heterocycles. The van der Waals surface area contributed by atoms with Crippen LogP contribution in [-0.4, -0.2) is 34.4 Å². The monoisotopic (exact) mass is 413 g/mol. The van der Waals surface area contributed by atoms with Crippen LogP contribution < -0.4 is 21.1 Å². The Morgan fingerprint density at radius 3 is 2.93 bits per heavy atom. The predicted molar refractivity (Wildman–Crippen MR) is 111 cm³/mol. The summed E-state index contributed by atoms with van der Waals surface area (Å²) >= 11 is 0. The van der Waals surface area contributed by atoms with Gasteiger partial charge in [-0.25, -0.2) is 4.39 Å². The summed E-state index contributed by atoms with van der Waals surface area (Å²) in [5.74, 6) is -1.92. The first-order valence-corrected chi connectivity index (χ1v) is 10.2. The molecule has 2 atom stereocenters. The fourth-order valence-corrected chi connectivity index (χ4v) is 4.22. The van der Waals surface area contributed by atoms with Crippen LogP contribution in [0.25, 0.3) is 0 Å². The van der Waals surface area contributed by atoms with Crippen molar-refractivity contribution in [1.82, 2.24) is 9.97 Å². The van der Waals surface area contributed by atoms with Crippen LogP contribution in [0.5, 0.6) is 0 Å². The van der Waals surface area contributed by atoms with Gasteiger partial charge in [-0.1, -0.05) is 13.0 Å². The molecule has 4 rings (SSSR count).